The summed E-state index contributed by atoms with van der Waals surface area (Å²) in [5.74, 6) is 0. The van der Waals surface area contributed by atoms with Gasteiger partial charge in [0.1, 0.15) is 0 Å². The summed E-state index contributed by atoms with van der Waals surface area (Å²) < 4.78 is 5.94. The first-order valence-corrected chi connectivity index (χ1v) is 7.54. The Morgan fingerprint density at radius 1 is 1.33 bits per heavy atom. The number of hydrogen-bond donors (Lipinski definition) is 0. The molecule has 2 aliphatic rings. The van der Waals surface area contributed by atoms with Crippen molar-refractivity contribution < 1.29 is 4.74 Å². The van der Waals surface area contributed by atoms with Crippen LogP contribution in [0.2, 0.25) is 0 Å². The second kappa shape index (κ2) is 5.89. The molecule has 1 unspecified atom stereocenters. The van der Waals surface area contributed by atoms with E-state index >= 15 is 0 Å². The zero-order valence-corrected chi connectivity index (χ0v) is 12.6. The summed E-state index contributed by atoms with van der Waals surface area (Å²) in [6.07, 6.45) is 4.41. The molecule has 0 amide bonds. The van der Waals surface area contributed by atoms with Crippen LogP contribution in [-0.2, 0) is 4.74 Å². The number of morpholine rings is 1. The summed E-state index contributed by atoms with van der Waals surface area (Å²) in [4.78, 5) is 5.05. The van der Waals surface area contributed by atoms with Crippen molar-refractivity contribution in [3.8, 4) is 0 Å². The van der Waals surface area contributed by atoms with Crippen LogP contribution in [0.4, 0.5) is 0 Å². The van der Waals surface area contributed by atoms with Crippen molar-refractivity contribution in [3.63, 3.8) is 0 Å². The van der Waals surface area contributed by atoms with Crippen LogP contribution >= 0.6 is 0 Å². The highest BCUT2D eigenvalue weighted by molar-refractivity contribution is 4.87. The number of ether oxygens (including phenoxy) is 1. The van der Waals surface area contributed by atoms with Crippen LogP contribution < -0.4 is 0 Å². The lowest BCUT2D eigenvalue weighted by molar-refractivity contribution is -0.0488. The number of nitrogens with zero attached hydrogens (tertiary/aromatic N) is 2. The Balaban J connectivity index is 1.78. The van der Waals surface area contributed by atoms with E-state index in [1.54, 1.807) is 0 Å². The van der Waals surface area contributed by atoms with Crippen molar-refractivity contribution in [2.75, 3.05) is 39.8 Å². The number of rotatable bonds is 6. The van der Waals surface area contributed by atoms with Gasteiger partial charge in [0.15, 0.2) is 0 Å². The third-order valence-corrected chi connectivity index (χ3v) is 4.30. The van der Waals surface area contributed by atoms with Gasteiger partial charge in [-0.2, -0.15) is 0 Å². The van der Waals surface area contributed by atoms with Gasteiger partial charge in [0, 0.05) is 25.7 Å². The monoisotopic (exact) mass is 254 g/mol. The van der Waals surface area contributed by atoms with Gasteiger partial charge in [-0.25, -0.2) is 0 Å². The molecule has 18 heavy (non-hydrogen) atoms. The molecular weight excluding hydrogens is 224 g/mol. The Morgan fingerprint density at radius 3 is 2.67 bits per heavy atom. The molecule has 1 aliphatic heterocycles. The minimum Gasteiger partial charge on any atom is -0.376 e. The maximum atomic E-state index is 5.94. The predicted octanol–water partition coefficient (Wildman–Crippen LogP) is 2.22. The van der Waals surface area contributed by atoms with E-state index in [4.69, 9.17) is 4.74 Å². The molecule has 1 saturated heterocycles. The smallest absolute Gasteiger partial charge is 0.0708 e. The fourth-order valence-corrected chi connectivity index (χ4v) is 3.19. The minimum absolute atomic E-state index is 0.360. The van der Waals surface area contributed by atoms with Gasteiger partial charge in [-0.3, -0.25) is 4.90 Å². The molecular formula is C15H30N2O. The van der Waals surface area contributed by atoms with Crippen LogP contribution in [0.5, 0.6) is 0 Å². The quantitative estimate of drug-likeness (QED) is 0.723. The van der Waals surface area contributed by atoms with Crippen LogP contribution in [0.25, 0.3) is 0 Å². The fraction of sp³-hybridized carbons (Fsp3) is 1.00. The normalized spacial score (nSPS) is 26.8. The molecule has 0 spiro atoms. The zero-order chi connectivity index (χ0) is 13.2. The molecule has 1 saturated carbocycles. The van der Waals surface area contributed by atoms with Gasteiger partial charge in [0.25, 0.3) is 0 Å². The third kappa shape index (κ3) is 4.22. The molecule has 106 valence electrons. The maximum Gasteiger partial charge on any atom is 0.0708 e. The molecule has 1 heterocycles. The molecule has 0 aromatic carbocycles. The Labute approximate surface area is 112 Å². The molecule has 0 N–H and O–H groups in total. The van der Waals surface area contributed by atoms with Crippen LogP contribution in [0, 0.1) is 5.41 Å². The lowest BCUT2D eigenvalue weighted by Crippen LogP contribution is -2.45. The van der Waals surface area contributed by atoms with Crippen molar-refractivity contribution in [1.82, 2.24) is 9.80 Å². The molecule has 0 aromatic heterocycles. The highest BCUT2D eigenvalue weighted by atomic mass is 16.5. The highest BCUT2D eigenvalue weighted by Gasteiger charge is 2.33. The molecule has 2 fully saturated rings. The van der Waals surface area contributed by atoms with E-state index < -0.39 is 0 Å². The van der Waals surface area contributed by atoms with Gasteiger partial charge in [0.2, 0.25) is 0 Å². The lowest BCUT2D eigenvalue weighted by atomic mass is 9.85. The van der Waals surface area contributed by atoms with E-state index in [0.29, 0.717) is 11.5 Å². The Kier molecular flexibility index (Phi) is 4.68. The van der Waals surface area contributed by atoms with E-state index in [1.807, 2.05) is 0 Å². The molecule has 3 nitrogen and oxygen atoms in total. The summed E-state index contributed by atoms with van der Waals surface area (Å²) >= 11 is 0. The number of likely N-dealkylation sites (N-methyl/N-ethyl adjacent to an activating group) is 1. The van der Waals surface area contributed by atoms with Crippen LogP contribution in [-0.4, -0.2) is 61.8 Å². The average molecular weight is 254 g/mol. The minimum atomic E-state index is 0.360. The second-order valence-corrected chi connectivity index (χ2v) is 6.90. The third-order valence-electron chi connectivity index (χ3n) is 4.30. The van der Waals surface area contributed by atoms with Gasteiger partial charge in [-0.05, 0) is 38.3 Å². The van der Waals surface area contributed by atoms with Gasteiger partial charge in [-0.15, -0.1) is 0 Å². The van der Waals surface area contributed by atoms with E-state index in [2.05, 4.69) is 37.6 Å². The van der Waals surface area contributed by atoms with Crippen molar-refractivity contribution >= 4 is 0 Å². The largest absolute Gasteiger partial charge is 0.376 e. The first-order valence-electron chi connectivity index (χ1n) is 7.54. The first kappa shape index (κ1) is 14.3. The molecule has 0 aromatic rings. The van der Waals surface area contributed by atoms with Gasteiger partial charge in [-0.1, -0.05) is 20.8 Å². The highest BCUT2D eigenvalue weighted by Crippen LogP contribution is 2.31. The zero-order valence-electron chi connectivity index (χ0n) is 12.6. The van der Waals surface area contributed by atoms with Crippen molar-refractivity contribution in [1.29, 1.82) is 0 Å². The first-order chi connectivity index (χ1) is 8.50. The van der Waals surface area contributed by atoms with Crippen LogP contribution in [0.15, 0.2) is 0 Å². The summed E-state index contributed by atoms with van der Waals surface area (Å²) in [5, 5.41) is 0. The van der Waals surface area contributed by atoms with Gasteiger partial charge >= 0.3 is 0 Å². The van der Waals surface area contributed by atoms with Gasteiger partial charge < -0.3 is 9.64 Å². The maximum absolute atomic E-state index is 5.94. The van der Waals surface area contributed by atoms with E-state index in [-0.39, 0.29) is 0 Å². The molecule has 3 heteroatoms. The Bertz CT molecular complexity index is 263. The second-order valence-electron chi connectivity index (χ2n) is 6.90. The molecule has 0 radical (unpaired) electrons. The predicted molar refractivity (Wildman–Crippen MR) is 75.9 cm³/mol. The summed E-state index contributed by atoms with van der Waals surface area (Å²) in [5.41, 5.74) is 0.360. The summed E-state index contributed by atoms with van der Waals surface area (Å²) in [7, 11) is 2.28. The van der Waals surface area contributed by atoms with Crippen molar-refractivity contribution in [2.24, 2.45) is 5.41 Å². The molecule has 1 atom stereocenters. The Hall–Kier alpha value is -0.120. The van der Waals surface area contributed by atoms with E-state index in [9.17, 15) is 0 Å². The van der Waals surface area contributed by atoms with Gasteiger partial charge in [0.05, 0.1) is 12.7 Å². The van der Waals surface area contributed by atoms with Crippen LogP contribution in [0.1, 0.15) is 40.0 Å². The molecule has 2 rings (SSSR count). The summed E-state index contributed by atoms with van der Waals surface area (Å²) in [6.45, 7) is 12.5. The SMILES string of the molecule is CCN1CCOC(CC(C)(C)CN(C)C2CC2)C1. The average Bonchev–Trinajstić information content (AvgIpc) is 3.11. The van der Waals surface area contributed by atoms with E-state index in [1.165, 1.54) is 25.8 Å². The molecule has 0 bridgehead atoms. The van der Waals surface area contributed by atoms with Crippen molar-refractivity contribution in [3.05, 3.63) is 0 Å². The standard InChI is InChI=1S/C15H30N2O/c1-5-17-8-9-18-14(11-17)10-15(2,3)12-16(4)13-6-7-13/h13-14H,5-12H2,1-4H3. The van der Waals surface area contributed by atoms with Crippen LogP contribution in [0.3, 0.4) is 0 Å². The lowest BCUT2D eigenvalue weighted by Gasteiger charge is -2.38. The fourth-order valence-electron chi connectivity index (χ4n) is 3.19. The van der Waals surface area contributed by atoms with Crippen molar-refractivity contribution in [2.45, 2.75) is 52.2 Å². The molecule has 1 aliphatic carbocycles. The number of hydrogen-bond acceptors (Lipinski definition) is 3. The Morgan fingerprint density at radius 2 is 2.06 bits per heavy atom. The topological polar surface area (TPSA) is 15.7 Å². The summed E-state index contributed by atoms with van der Waals surface area (Å²) in [6, 6.07) is 0.865. The van der Waals surface area contributed by atoms with E-state index in [0.717, 1.165) is 32.3 Å².